The van der Waals surface area contributed by atoms with Crippen LogP contribution >= 0.6 is 0 Å². The molecule has 2 aromatic rings. The van der Waals surface area contributed by atoms with Crippen molar-refractivity contribution in [1.82, 2.24) is 9.38 Å². The maximum atomic E-state index is 8.72. The molecular formula is C11H12N4O. The Bertz CT molecular complexity index is 568. The van der Waals surface area contributed by atoms with Crippen LogP contribution in [0.25, 0.3) is 5.52 Å². The first-order valence-electron chi connectivity index (χ1n) is 5.26. The Hall–Kier alpha value is -2.04. The van der Waals surface area contributed by atoms with Gasteiger partial charge >= 0.3 is 0 Å². The Morgan fingerprint density at radius 1 is 1.50 bits per heavy atom. The first-order valence-corrected chi connectivity index (χ1v) is 5.26. The molecule has 5 nitrogen and oxygen atoms in total. The van der Waals surface area contributed by atoms with Crippen molar-refractivity contribution in [3.05, 3.63) is 35.9 Å². The van der Waals surface area contributed by atoms with Crippen molar-refractivity contribution in [1.29, 1.82) is 0 Å². The van der Waals surface area contributed by atoms with E-state index in [2.05, 4.69) is 10.1 Å². The third-order valence-electron chi connectivity index (χ3n) is 2.87. The Morgan fingerprint density at radius 2 is 2.31 bits per heavy atom. The maximum Gasteiger partial charge on any atom is 0.191 e. The van der Waals surface area contributed by atoms with Crippen molar-refractivity contribution >= 4 is 11.4 Å². The minimum absolute atomic E-state index is 0.0654. The second kappa shape index (κ2) is 3.23. The Labute approximate surface area is 92.2 Å². The molecule has 0 unspecified atom stereocenters. The molecule has 0 aliphatic heterocycles. The van der Waals surface area contributed by atoms with E-state index in [0.29, 0.717) is 11.6 Å². The minimum atomic E-state index is 0.0654. The van der Waals surface area contributed by atoms with Gasteiger partial charge in [0.2, 0.25) is 0 Å². The van der Waals surface area contributed by atoms with Gasteiger partial charge in [-0.25, -0.2) is 4.98 Å². The summed E-state index contributed by atoms with van der Waals surface area (Å²) in [6.45, 7) is 0. The molecule has 0 saturated heterocycles. The van der Waals surface area contributed by atoms with Crippen LogP contribution in [0.15, 0.2) is 29.6 Å². The molecule has 1 saturated carbocycles. The molecule has 0 amide bonds. The molecule has 2 heterocycles. The number of pyridine rings is 1. The second-order valence-electron chi connectivity index (χ2n) is 4.03. The quantitative estimate of drug-likeness (QED) is 0.344. The average molecular weight is 216 g/mol. The lowest BCUT2D eigenvalue weighted by Gasteiger charge is -1.97. The smallest absolute Gasteiger partial charge is 0.191 e. The zero-order valence-corrected chi connectivity index (χ0v) is 8.67. The molecule has 0 bridgehead atoms. The van der Waals surface area contributed by atoms with E-state index in [1.54, 1.807) is 0 Å². The van der Waals surface area contributed by atoms with Crippen molar-refractivity contribution in [3.63, 3.8) is 0 Å². The van der Waals surface area contributed by atoms with Crippen LogP contribution in [0.1, 0.15) is 30.3 Å². The molecule has 1 aliphatic rings. The molecule has 3 rings (SSSR count). The third-order valence-corrected chi connectivity index (χ3v) is 2.87. The van der Waals surface area contributed by atoms with E-state index in [9.17, 15) is 0 Å². The lowest BCUT2D eigenvalue weighted by atomic mass is 10.3. The van der Waals surface area contributed by atoms with Crippen molar-refractivity contribution in [2.45, 2.75) is 18.8 Å². The molecule has 82 valence electrons. The van der Waals surface area contributed by atoms with Crippen LogP contribution < -0.4 is 5.73 Å². The van der Waals surface area contributed by atoms with Gasteiger partial charge in [-0.3, -0.25) is 0 Å². The highest BCUT2D eigenvalue weighted by atomic mass is 16.4. The summed E-state index contributed by atoms with van der Waals surface area (Å²) in [7, 11) is 0. The zero-order valence-electron chi connectivity index (χ0n) is 8.67. The van der Waals surface area contributed by atoms with Crippen molar-refractivity contribution in [3.8, 4) is 0 Å². The molecule has 2 aromatic heterocycles. The largest absolute Gasteiger partial charge is 0.409 e. The highest BCUT2D eigenvalue weighted by molar-refractivity contribution is 6.01. The van der Waals surface area contributed by atoms with Gasteiger partial charge in [-0.2, -0.15) is 0 Å². The van der Waals surface area contributed by atoms with Gasteiger partial charge in [0.05, 0.1) is 5.52 Å². The third kappa shape index (κ3) is 1.25. The molecule has 5 heteroatoms. The number of amidine groups is 1. The SMILES string of the molecule is N/C(=N\O)c1nc(C2CC2)n2ccccc12. The number of hydrogen-bond donors (Lipinski definition) is 2. The molecule has 3 N–H and O–H groups in total. The first kappa shape index (κ1) is 9.21. The fourth-order valence-corrected chi connectivity index (χ4v) is 1.93. The highest BCUT2D eigenvalue weighted by Gasteiger charge is 2.29. The van der Waals surface area contributed by atoms with E-state index in [-0.39, 0.29) is 5.84 Å². The summed E-state index contributed by atoms with van der Waals surface area (Å²) in [6.07, 6.45) is 4.30. The Kier molecular flexibility index (Phi) is 1.86. The standard InChI is InChI=1S/C11H12N4O/c12-10(14-16)9-8-3-1-2-6-15(8)11(13-9)7-4-5-7/h1-3,6-7,16H,4-5H2,(H2,12,14). The van der Waals surface area contributed by atoms with E-state index >= 15 is 0 Å². The number of nitrogens with zero attached hydrogens (tertiary/aromatic N) is 3. The topological polar surface area (TPSA) is 75.9 Å². The maximum absolute atomic E-state index is 8.72. The van der Waals surface area contributed by atoms with Crippen LogP contribution in [0.2, 0.25) is 0 Å². The predicted molar refractivity (Wildman–Crippen MR) is 59.7 cm³/mol. The van der Waals surface area contributed by atoms with Gasteiger partial charge in [0.1, 0.15) is 11.5 Å². The number of aromatic nitrogens is 2. The van der Waals surface area contributed by atoms with Crippen LogP contribution in [0.5, 0.6) is 0 Å². The highest BCUT2D eigenvalue weighted by Crippen LogP contribution is 2.39. The van der Waals surface area contributed by atoms with Crippen LogP contribution in [0.3, 0.4) is 0 Å². The van der Waals surface area contributed by atoms with Gasteiger partial charge in [0.25, 0.3) is 0 Å². The molecule has 1 aliphatic carbocycles. The summed E-state index contributed by atoms with van der Waals surface area (Å²) in [4.78, 5) is 4.47. The summed E-state index contributed by atoms with van der Waals surface area (Å²) in [5, 5.41) is 11.7. The predicted octanol–water partition coefficient (Wildman–Crippen LogP) is 1.31. The van der Waals surface area contributed by atoms with E-state index in [1.807, 2.05) is 28.8 Å². The van der Waals surface area contributed by atoms with E-state index in [1.165, 1.54) is 12.8 Å². The molecule has 1 fully saturated rings. The van der Waals surface area contributed by atoms with Gasteiger partial charge in [0.15, 0.2) is 5.84 Å². The second-order valence-corrected chi connectivity index (χ2v) is 4.03. The summed E-state index contributed by atoms with van der Waals surface area (Å²) in [5.74, 6) is 1.60. The summed E-state index contributed by atoms with van der Waals surface area (Å²) >= 11 is 0. The molecule has 0 spiro atoms. The number of imidazole rings is 1. The molecular weight excluding hydrogens is 204 g/mol. The summed E-state index contributed by atoms with van der Waals surface area (Å²) < 4.78 is 2.02. The van der Waals surface area contributed by atoms with Gasteiger partial charge < -0.3 is 15.3 Å². The van der Waals surface area contributed by atoms with E-state index in [4.69, 9.17) is 10.9 Å². The van der Waals surface area contributed by atoms with Crippen LogP contribution in [-0.2, 0) is 0 Å². The van der Waals surface area contributed by atoms with Crippen LogP contribution in [0, 0.1) is 0 Å². The Morgan fingerprint density at radius 3 is 3.00 bits per heavy atom. The number of fused-ring (bicyclic) bond motifs is 1. The summed E-state index contributed by atoms with van der Waals surface area (Å²) in [6, 6.07) is 5.80. The van der Waals surface area contributed by atoms with Crippen LogP contribution in [-0.4, -0.2) is 20.4 Å². The van der Waals surface area contributed by atoms with Gasteiger partial charge in [-0.05, 0) is 25.0 Å². The number of oxime groups is 1. The van der Waals surface area contributed by atoms with Gasteiger partial charge in [-0.15, -0.1) is 0 Å². The lowest BCUT2D eigenvalue weighted by Crippen LogP contribution is -2.14. The molecule has 0 aromatic carbocycles. The molecule has 0 radical (unpaired) electrons. The first-order chi connectivity index (χ1) is 7.81. The van der Waals surface area contributed by atoms with Crippen LogP contribution in [0.4, 0.5) is 0 Å². The number of hydrogen-bond acceptors (Lipinski definition) is 3. The molecule has 16 heavy (non-hydrogen) atoms. The number of nitrogens with two attached hydrogens (primary N) is 1. The van der Waals surface area contributed by atoms with Crippen molar-refractivity contribution in [2.24, 2.45) is 10.9 Å². The van der Waals surface area contributed by atoms with Gasteiger partial charge in [-0.1, -0.05) is 11.2 Å². The normalized spacial score (nSPS) is 16.9. The molecule has 0 atom stereocenters. The average Bonchev–Trinajstić information content (AvgIpc) is 3.09. The zero-order chi connectivity index (χ0) is 11.1. The van der Waals surface area contributed by atoms with E-state index in [0.717, 1.165) is 11.3 Å². The van der Waals surface area contributed by atoms with E-state index < -0.39 is 0 Å². The fourth-order valence-electron chi connectivity index (χ4n) is 1.93. The number of rotatable bonds is 2. The van der Waals surface area contributed by atoms with Gasteiger partial charge in [0, 0.05) is 12.1 Å². The summed E-state index contributed by atoms with van der Waals surface area (Å²) in [5.41, 5.74) is 7.07. The lowest BCUT2D eigenvalue weighted by molar-refractivity contribution is 0.318. The van der Waals surface area contributed by atoms with Crippen molar-refractivity contribution < 1.29 is 5.21 Å². The minimum Gasteiger partial charge on any atom is -0.409 e. The monoisotopic (exact) mass is 216 g/mol. The fraction of sp³-hybridized carbons (Fsp3) is 0.273. The van der Waals surface area contributed by atoms with Crippen molar-refractivity contribution in [2.75, 3.05) is 0 Å². The Balaban J connectivity index is 2.28.